The third kappa shape index (κ3) is 2.85. The molecule has 0 aromatic rings. The van der Waals surface area contributed by atoms with Crippen LogP contribution in [0.25, 0.3) is 0 Å². The van der Waals surface area contributed by atoms with Crippen LogP contribution in [0.3, 0.4) is 0 Å². The Kier molecular flexibility index (Phi) is 4.59. The summed E-state index contributed by atoms with van der Waals surface area (Å²) in [6.07, 6.45) is 6.53. The Morgan fingerprint density at radius 1 is 1.44 bits per heavy atom. The molecule has 0 bridgehead atoms. The molecule has 4 heteroatoms. The van der Waals surface area contributed by atoms with E-state index in [0.29, 0.717) is 6.04 Å². The summed E-state index contributed by atoms with van der Waals surface area (Å²) >= 11 is 2.03. The minimum absolute atomic E-state index is 0.0414. The van der Waals surface area contributed by atoms with Crippen LogP contribution in [0.5, 0.6) is 0 Å². The second-order valence-electron chi connectivity index (χ2n) is 5.98. The maximum Gasteiger partial charge on any atom is 0.227 e. The largest absolute Gasteiger partial charge is 0.353 e. The summed E-state index contributed by atoms with van der Waals surface area (Å²) in [5.41, 5.74) is 5.78. The molecule has 0 radical (unpaired) electrons. The molecule has 3 nitrogen and oxygen atoms in total. The van der Waals surface area contributed by atoms with Gasteiger partial charge >= 0.3 is 0 Å². The van der Waals surface area contributed by atoms with Crippen LogP contribution < -0.4 is 11.1 Å². The highest BCUT2D eigenvalue weighted by molar-refractivity contribution is 7.99. The van der Waals surface area contributed by atoms with Gasteiger partial charge in [-0.3, -0.25) is 4.79 Å². The number of carbonyl (C=O) groups is 1. The van der Waals surface area contributed by atoms with Gasteiger partial charge in [-0.15, -0.1) is 0 Å². The molecule has 0 spiro atoms. The number of rotatable bonds is 4. The SMILES string of the molecule is CCSC1CCC(NC(=O)C2(C)CCCC2N)C1. The van der Waals surface area contributed by atoms with Crippen LogP contribution in [0.4, 0.5) is 0 Å². The lowest BCUT2D eigenvalue weighted by Gasteiger charge is -2.29. The summed E-state index contributed by atoms with van der Waals surface area (Å²) in [7, 11) is 0. The first kappa shape index (κ1) is 14.2. The standard InChI is InChI=1S/C14H26N2OS/c1-3-18-11-7-6-10(9-11)16-13(17)14(2)8-4-5-12(14)15/h10-12H,3-9,15H2,1-2H3,(H,16,17). The van der Waals surface area contributed by atoms with Gasteiger partial charge in [-0.25, -0.2) is 0 Å². The Balaban J connectivity index is 1.85. The Morgan fingerprint density at radius 3 is 2.83 bits per heavy atom. The van der Waals surface area contributed by atoms with Crippen molar-refractivity contribution in [1.82, 2.24) is 5.32 Å². The van der Waals surface area contributed by atoms with Gasteiger partial charge in [-0.1, -0.05) is 13.3 Å². The molecule has 0 aliphatic heterocycles. The molecule has 2 fully saturated rings. The molecule has 2 aliphatic carbocycles. The Morgan fingerprint density at radius 2 is 2.22 bits per heavy atom. The van der Waals surface area contributed by atoms with E-state index in [0.717, 1.165) is 37.4 Å². The zero-order valence-corrected chi connectivity index (χ0v) is 12.4. The minimum atomic E-state index is -0.323. The van der Waals surface area contributed by atoms with E-state index in [2.05, 4.69) is 12.2 Å². The van der Waals surface area contributed by atoms with Crippen molar-refractivity contribution in [1.29, 1.82) is 0 Å². The first-order valence-electron chi connectivity index (χ1n) is 7.24. The minimum Gasteiger partial charge on any atom is -0.353 e. The van der Waals surface area contributed by atoms with Crippen molar-refractivity contribution in [3.63, 3.8) is 0 Å². The molecule has 4 atom stereocenters. The number of amides is 1. The molecule has 0 saturated heterocycles. The van der Waals surface area contributed by atoms with Crippen LogP contribution in [0.15, 0.2) is 0 Å². The van der Waals surface area contributed by atoms with Crippen LogP contribution in [0, 0.1) is 5.41 Å². The summed E-state index contributed by atoms with van der Waals surface area (Å²) in [4.78, 5) is 12.4. The Bertz CT molecular complexity index is 310. The van der Waals surface area contributed by atoms with Crippen LogP contribution in [-0.2, 0) is 4.79 Å². The lowest BCUT2D eigenvalue weighted by atomic mass is 9.84. The third-order valence-electron chi connectivity index (χ3n) is 4.67. The van der Waals surface area contributed by atoms with E-state index in [1.807, 2.05) is 18.7 Å². The summed E-state index contributed by atoms with van der Waals surface area (Å²) in [5, 5.41) is 3.99. The van der Waals surface area contributed by atoms with Crippen LogP contribution in [0.2, 0.25) is 0 Å². The molecule has 0 heterocycles. The molecule has 2 rings (SSSR count). The van der Waals surface area contributed by atoms with Gasteiger partial charge in [0.2, 0.25) is 5.91 Å². The van der Waals surface area contributed by atoms with Gasteiger partial charge in [0.05, 0.1) is 5.41 Å². The smallest absolute Gasteiger partial charge is 0.227 e. The molecular formula is C14H26N2OS. The van der Waals surface area contributed by atoms with Gasteiger partial charge < -0.3 is 11.1 Å². The lowest BCUT2D eigenvalue weighted by Crippen LogP contribution is -2.49. The predicted molar refractivity (Wildman–Crippen MR) is 77.6 cm³/mol. The highest BCUT2D eigenvalue weighted by atomic mass is 32.2. The van der Waals surface area contributed by atoms with Gasteiger partial charge in [-0.2, -0.15) is 11.8 Å². The number of nitrogens with two attached hydrogens (primary N) is 1. The molecule has 3 N–H and O–H groups in total. The van der Waals surface area contributed by atoms with Crippen molar-refractivity contribution >= 4 is 17.7 Å². The van der Waals surface area contributed by atoms with E-state index in [-0.39, 0.29) is 17.4 Å². The normalized spacial score (nSPS) is 40.1. The van der Waals surface area contributed by atoms with Gasteiger partial charge in [0, 0.05) is 17.3 Å². The number of hydrogen-bond acceptors (Lipinski definition) is 3. The van der Waals surface area contributed by atoms with E-state index in [1.165, 1.54) is 12.2 Å². The number of thioether (sulfide) groups is 1. The second-order valence-corrected chi connectivity index (χ2v) is 7.55. The number of carbonyl (C=O) groups excluding carboxylic acids is 1. The van der Waals surface area contributed by atoms with Crippen LogP contribution in [-0.4, -0.2) is 29.0 Å². The average Bonchev–Trinajstić information content (AvgIpc) is 2.89. The van der Waals surface area contributed by atoms with Crippen molar-refractivity contribution in [3.8, 4) is 0 Å². The first-order valence-corrected chi connectivity index (χ1v) is 8.29. The zero-order chi connectivity index (χ0) is 13.2. The molecule has 0 aromatic heterocycles. The van der Waals surface area contributed by atoms with E-state index in [9.17, 15) is 4.79 Å². The average molecular weight is 270 g/mol. The first-order chi connectivity index (χ1) is 8.56. The van der Waals surface area contributed by atoms with Crippen LogP contribution in [0.1, 0.15) is 52.4 Å². The van der Waals surface area contributed by atoms with Gasteiger partial charge in [0.15, 0.2) is 0 Å². The quantitative estimate of drug-likeness (QED) is 0.824. The van der Waals surface area contributed by atoms with Crippen molar-refractivity contribution < 1.29 is 4.79 Å². The third-order valence-corrected chi connectivity index (χ3v) is 5.90. The number of nitrogens with one attached hydrogen (secondary N) is 1. The maximum atomic E-state index is 12.4. The monoisotopic (exact) mass is 270 g/mol. The fraction of sp³-hybridized carbons (Fsp3) is 0.929. The lowest BCUT2D eigenvalue weighted by molar-refractivity contribution is -0.131. The van der Waals surface area contributed by atoms with Gasteiger partial charge in [0.25, 0.3) is 0 Å². The van der Waals surface area contributed by atoms with Crippen molar-refractivity contribution in [2.75, 3.05) is 5.75 Å². The Hall–Kier alpha value is -0.220. The molecule has 104 valence electrons. The van der Waals surface area contributed by atoms with E-state index in [1.54, 1.807) is 0 Å². The van der Waals surface area contributed by atoms with E-state index in [4.69, 9.17) is 5.73 Å². The molecule has 0 aromatic carbocycles. The molecule has 2 aliphatic rings. The number of hydrogen-bond donors (Lipinski definition) is 2. The van der Waals surface area contributed by atoms with Crippen molar-refractivity contribution in [3.05, 3.63) is 0 Å². The molecule has 2 saturated carbocycles. The summed E-state index contributed by atoms with van der Waals surface area (Å²) < 4.78 is 0. The fourth-order valence-electron chi connectivity index (χ4n) is 3.28. The highest BCUT2D eigenvalue weighted by Gasteiger charge is 2.43. The summed E-state index contributed by atoms with van der Waals surface area (Å²) in [6.45, 7) is 4.24. The van der Waals surface area contributed by atoms with E-state index >= 15 is 0 Å². The molecule has 1 amide bonds. The van der Waals surface area contributed by atoms with Gasteiger partial charge in [-0.05, 0) is 44.8 Å². The summed E-state index contributed by atoms with van der Waals surface area (Å²) in [6, 6.07) is 0.422. The van der Waals surface area contributed by atoms with Gasteiger partial charge in [0.1, 0.15) is 0 Å². The van der Waals surface area contributed by atoms with E-state index < -0.39 is 0 Å². The Labute approximate surface area is 115 Å². The maximum absolute atomic E-state index is 12.4. The fourth-order valence-corrected chi connectivity index (χ4v) is 4.43. The molecular weight excluding hydrogens is 244 g/mol. The second kappa shape index (κ2) is 5.83. The van der Waals surface area contributed by atoms with Crippen LogP contribution >= 0.6 is 11.8 Å². The highest BCUT2D eigenvalue weighted by Crippen LogP contribution is 2.38. The summed E-state index contributed by atoms with van der Waals surface area (Å²) in [5.74, 6) is 1.37. The molecule has 4 unspecified atom stereocenters. The topological polar surface area (TPSA) is 55.1 Å². The van der Waals surface area contributed by atoms with Crippen molar-refractivity contribution in [2.24, 2.45) is 11.1 Å². The predicted octanol–water partition coefficient (Wildman–Crippen LogP) is 2.29. The zero-order valence-electron chi connectivity index (χ0n) is 11.6. The van der Waals surface area contributed by atoms with Crippen molar-refractivity contribution in [2.45, 2.75) is 69.7 Å². The molecule has 18 heavy (non-hydrogen) atoms.